The summed E-state index contributed by atoms with van der Waals surface area (Å²) < 4.78 is 2.37. The fourth-order valence-corrected chi connectivity index (χ4v) is 2.59. The summed E-state index contributed by atoms with van der Waals surface area (Å²) in [6, 6.07) is 8.70. The summed E-state index contributed by atoms with van der Waals surface area (Å²) >= 11 is 3.26. The number of nitrogens with zero attached hydrogens (tertiary/aromatic N) is 1. The first-order chi connectivity index (χ1) is 11.4. The van der Waals surface area contributed by atoms with Crippen LogP contribution in [-0.2, 0) is 11.8 Å². The van der Waals surface area contributed by atoms with Crippen molar-refractivity contribution in [3.05, 3.63) is 57.8 Å². The molecule has 126 valence electrons. The van der Waals surface area contributed by atoms with Gasteiger partial charge in [-0.1, -0.05) is 18.2 Å². The molecule has 0 fully saturated rings. The van der Waals surface area contributed by atoms with Gasteiger partial charge in [-0.15, -0.1) is 0 Å². The van der Waals surface area contributed by atoms with Gasteiger partial charge in [0.15, 0.2) is 0 Å². The number of halogens is 1. The monoisotopic (exact) mass is 392 g/mol. The number of hydrogen-bond acceptors (Lipinski definition) is 3. The van der Waals surface area contributed by atoms with E-state index in [1.807, 2.05) is 19.1 Å². The van der Waals surface area contributed by atoms with Crippen LogP contribution in [0.4, 0.5) is 0 Å². The number of hydrazine groups is 1. The molecule has 0 saturated heterocycles. The molecule has 3 amide bonds. The zero-order valence-corrected chi connectivity index (χ0v) is 14.8. The van der Waals surface area contributed by atoms with Crippen molar-refractivity contribution in [3.8, 4) is 0 Å². The lowest BCUT2D eigenvalue weighted by Crippen LogP contribution is -2.46. The molecule has 0 atom stereocenters. The topological polar surface area (TPSA) is 92.2 Å². The Morgan fingerprint density at radius 1 is 1.12 bits per heavy atom. The van der Waals surface area contributed by atoms with E-state index in [0.29, 0.717) is 11.3 Å². The second-order valence-corrected chi connectivity index (χ2v) is 6.07. The van der Waals surface area contributed by atoms with E-state index in [0.717, 1.165) is 10.0 Å². The molecule has 0 radical (unpaired) electrons. The van der Waals surface area contributed by atoms with Gasteiger partial charge in [0.05, 0.1) is 6.54 Å². The van der Waals surface area contributed by atoms with Crippen molar-refractivity contribution in [2.45, 2.75) is 6.92 Å². The molecule has 2 rings (SSSR count). The van der Waals surface area contributed by atoms with Crippen LogP contribution in [0.2, 0.25) is 0 Å². The van der Waals surface area contributed by atoms with Gasteiger partial charge in [0.25, 0.3) is 17.7 Å². The lowest BCUT2D eigenvalue weighted by Gasteiger charge is -2.09. The lowest BCUT2D eigenvalue weighted by atomic mass is 10.1. The Morgan fingerprint density at radius 2 is 1.83 bits per heavy atom. The molecule has 3 N–H and O–H groups in total. The Kier molecular flexibility index (Phi) is 5.75. The Morgan fingerprint density at radius 3 is 2.46 bits per heavy atom. The number of nitrogens with one attached hydrogen (secondary N) is 3. The molecule has 1 heterocycles. The molecule has 0 saturated carbocycles. The third-order valence-electron chi connectivity index (χ3n) is 3.32. The number of rotatable bonds is 4. The molecule has 0 aliphatic heterocycles. The summed E-state index contributed by atoms with van der Waals surface area (Å²) in [7, 11) is 1.71. The van der Waals surface area contributed by atoms with Crippen LogP contribution in [0, 0.1) is 6.92 Å². The SMILES string of the molecule is Cc1ccccc1C(=O)NCC(=O)NNC(=O)c1cc(Br)cn1C. The molecule has 0 aliphatic rings. The molecule has 0 bridgehead atoms. The van der Waals surface area contributed by atoms with Gasteiger partial charge in [0.2, 0.25) is 0 Å². The third-order valence-corrected chi connectivity index (χ3v) is 3.75. The highest BCUT2D eigenvalue weighted by molar-refractivity contribution is 9.10. The molecule has 1 aromatic carbocycles. The smallest absolute Gasteiger partial charge is 0.286 e. The number of carbonyl (C=O) groups is 3. The van der Waals surface area contributed by atoms with Crippen molar-refractivity contribution >= 4 is 33.7 Å². The van der Waals surface area contributed by atoms with E-state index >= 15 is 0 Å². The number of amides is 3. The van der Waals surface area contributed by atoms with Crippen molar-refractivity contribution in [1.29, 1.82) is 0 Å². The van der Waals surface area contributed by atoms with E-state index in [1.165, 1.54) is 0 Å². The fraction of sp³-hybridized carbons (Fsp3) is 0.188. The summed E-state index contributed by atoms with van der Waals surface area (Å²) in [5, 5.41) is 2.50. The number of aromatic nitrogens is 1. The van der Waals surface area contributed by atoms with Crippen LogP contribution < -0.4 is 16.2 Å². The van der Waals surface area contributed by atoms with E-state index in [1.54, 1.807) is 36.0 Å². The minimum Gasteiger partial charge on any atom is -0.345 e. The average Bonchev–Trinajstić information content (AvgIpc) is 2.89. The maximum atomic E-state index is 12.0. The quantitative estimate of drug-likeness (QED) is 0.684. The molecule has 0 unspecified atom stereocenters. The molecule has 0 aliphatic carbocycles. The molecule has 7 nitrogen and oxygen atoms in total. The van der Waals surface area contributed by atoms with Gasteiger partial charge in [-0.3, -0.25) is 25.2 Å². The van der Waals surface area contributed by atoms with E-state index in [-0.39, 0.29) is 12.5 Å². The Labute approximate surface area is 147 Å². The van der Waals surface area contributed by atoms with Gasteiger partial charge in [-0.05, 0) is 40.5 Å². The van der Waals surface area contributed by atoms with E-state index in [9.17, 15) is 14.4 Å². The number of hydrogen-bond donors (Lipinski definition) is 3. The zero-order chi connectivity index (χ0) is 17.7. The Hall–Kier alpha value is -2.61. The van der Waals surface area contributed by atoms with Gasteiger partial charge in [-0.25, -0.2) is 0 Å². The van der Waals surface area contributed by atoms with Gasteiger partial charge in [0, 0.05) is 23.3 Å². The molecule has 0 spiro atoms. The van der Waals surface area contributed by atoms with Crippen LogP contribution in [0.1, 0.15) is 26.4 Å². The van der Waals surface area contributed by atoms with Crippen molar-refractivity contribution in [3.63, 3.8) is 0 Å². The second-order valence-electron chi connectivity index (χ2n) is 5.15. The zero-order valence-electron chi connectivity index (χ0n) is 13.2. The Bertz CT molecular complexity index is 785. The van der Waals surface area contributed by atoms with Crippen molar-refractivity contribution in [1.82, 2.24) is 20.7 Å². The fourth-order valence-electron chi connectivity index (χ4n) is 2.07. The first kappa shape index (κ1) is 17.7. The summed E-state index contributed by atoms with van der Waals surface area (Å²) in [5.74, 6) is -1.33. The predicted molar refractivity (Wildman–Crippen MR) is 92.2 cm³/mol. The van der Waals surface area contributed by atoms with E-state index in [4.69, 9.17) is 0 Å². The number of aryl methyl sites for hydroxylation is 2. The van der Waals surface area contributed by atoms with Crippen LogP contribution in [0.3, 0.4) is 0 Å². The van der Waals surface area contributed by atoms with Crippen molar-refractivity contribution in [2.75, 3.05) is 6.54 Å². The standard InChI is InChI=1S/C16H17BrN4O3/c1-10-5-3-4-6-12(10)15(23)18-8-14(22)19-20-16(24)13-7-11(17)9-21(13)2/h3-7,9H,8H2,1-2H3,(H,18,23)(H,19,22)(H,20,24). The van der Waals surface area contributed by atoms with Gasteiger partial charge in [0.1, 0.15) is 5.69 Å². The minimum absolute atomic E-state index is 0.246. The molecular formula is C16H17BrN4O3. The summed E-state index contributed by atoms with van der Waals surface area (Å²) in [6.45, 7) is 1.57. The van der Waals surface area contributed by atoms with Gasteiger partial charge in [-0.2, -0.15) is 0 Å². The maximum Gasteiger partial charge on any atom is 0.286 e. The third kappa shape index (κ3) is 4.45. The van der Waals surface area contributed by atoms with Crippen LogP contribution in [0.25, 0.3) is 0 Å². The van der Waals surface area contributed by atoms with E-state index < -0.39 is 11.8 Å². The molecule has 24 heavy (non-hydrogen) atoms. The normalized spacial score (nSPS) is 10.1. The first-order valence-corrected chi connectivity index (χ1v) is 7.92. The summed E-state index contributed by atoms with van der Waals surface area (Å²) in [5.41, 5.74) is 6.25. The average molecular weight is 393 g/mol. The first-order valence-electron chi connectivity index (χ1n) is 7.13. The summed E-state index contributed by atoms with van der Waals surface area (Å²) in [6.07, 6.45) is 1.72. The highest BCUT2D eigenvalue weighted by Crippen LogP contribution is 2.13. The highest BCUT2D eigenvalue weighted by Gasteiger charge is 2.13. The second kappa shape index (κ2) is 7.78. The minimum atomic E-state index is -0.529. The van der Waals surface area contributed by atoms with E-state index in [2.05, 4.69) is 32.1 Å². The summed E-state index contributed by atoms with van der Waals surface area (Å²) in [4.78, 5) is 35.7. The van der Waals surface area contributed by atoms with Crippen LogP contribution in [-0.4, -0.2) is 28.8 Å². The number of carbonyl (C=O) groups excluding carboxylic acids is 3. The molecule has 8 heteroatoms. The predicted octanol–water partition coefficient (Wildman–Crippen LogP) is 1.29. The van der Waals surface area contributed by atoms with Crippen LogP contribution in [0.15, 0.2) is 41.0 Å². The van der Waals surface area contributed by atoms with Crippen molar-refractivity contribution < 1.29 is 14.4 Å². The lowest BCUT2D eigenvalue weighted by molar-refractivity contribution is -0.120. The van der Waals surface area contributed by atoms with Crippen LogP contribution >= 0.6 is 15.9 Å². The van der Waals surface area contributed by atoms with Gasteiger partial charge < -0.3 is 9.88 Å². The van der Waals surface area contributed by atoms with Gasteiger partial charge >= 0.3 is 0 Å². The molecule has 1 aromatic heterocycles. The maximum absolute atomic E-state index is 12.0. The highest BCUT2D eigenvalue weighted by atomic mass is 79.9. The van der Waals surface area contributed by atoms with Crippen LogP contribution in [0.5, 0.6) is 0 Å². The number of benzene rings is 1. The molecular weight excluding hydrogens is 376 g/mol. The molecule has 2 aromatic rings. The largest absolute Gasteiger partial charge is 0.345 e. The van der Waals surface area contributed by atoms with Crippen molar-refractivity contribution in [2.24, 2.45) is 7.05 Å². The Balaban J connectivity index is 1.81.